The summed E-state index contributed by atoms with van der Waals surface area (Å²) in [5.74, 6) is -1.01. The summed E-state index contributed by atoms with van der Waals surface area (Å²) in [6.45, 7) is 0. The summed E-state index contributed by atoms with van der Waals surface area (Å²) >= 11 is 0. The first-order valence-electron chi connectivity index (χ1n) is 3.15. The second kappa shape index (κ2) is 4.68. The Morgan fingerprint density at radius 1 is 1.64 bits per heavy atom. The number of carbonyl (C=O) groups excluding carboxylic acids is 2. The Bertz CT molecular complexity index is 158. The third-order valence-electron chi connectivity index (χ3n) is 1.24. The van der Waals surface area contributed by atoms with Gasteiger partial charge in [0.2, 0.25) is 5.91 Å². The van der Waals surface area contributed by atoms with Crippen LogP contribution in [0.3, 0.4) is 0 Å². The topological polar surface area (TPSA) is 81.4 Å². The molecule has 0 saturated heterocycles. The molecule has 0 bridgehead atoms. The molecule has 0 aliphatic heterocycles. The molecular weight excluding hydrogens is 148 g/mol. The molecule has 0 radical (unpaired) electrons. The molecule has 0 unspecified atom stereocenters. The lowest BCUT2D eigenvalue weighted by molar-refractivity contribution is -0.144. The summed E-state index contributed by atoms with van der Waals surface area (Å²) in [5, 5.41) is 2.61. The van der Waals surface area contributed by atoms with Gasteiger partial charge in [0.05, 0.1) is 13.5 Å². The number of methoxy groups -OCH3 is 1. The molecule has 0 aliphatic rings. The maximum absolute atomic E-state index is 10.8. The van der Waals surface area contributed by atoms with E-state index in [4.69, 9.17) is 5.73 Å². The van der Waals surface area contributed by atoms with Crippen LogP contribution in [0.2, 0.25) is 0 Å². The van der Waals surface area contributed by atoms with E-state index in [0.717, 1.165) is 0 Å². The quantitative estimate of drug-likeness (QED) is 0.497. The van der Waals surface area contributed by atoms with E-state index in [2.05, 4.69) is 10.1 Å². The number of rotatable bonds is 4. The number of primary amides is 1. The number of hydrogen-bond acceptors (Lipinski definition) is 4. The number of nitrogens with two attached hydrogens (primary N) is 1. The highest BCUT2D eigenvalue weighted by Gasteiger charge is 2.18. The molecule has 0 aromatic rings. The Hall–Kier alpha value is -1.10. The smallest absolute Gasteiger partial charge is 0.323 e. The molecule has 3 N–H and O–H groups in total. The van der Waals surface area contributed by atoms with Crippen LogP contribution < -0.4 is 11.1 Å². The lowest BCUT2D eigenvalue weighted by Crippen LogP contribution is -2.38. The Kier molecular flexibility index (Phi) is 4.21. The Balaban J connectivity index is 3.94. The van der Waals surface area contributed by atoms with Crippen LogP contribution in [0.25, 0.3) is 0 Å². The summed E-state index contributed by atoms with van der Waals surface area (Å²) in [6.07, 6.45) is -0.0385. The number of hydrogen-bond donors (Lipinski definition) is 2. The van der Waals surface area contributed by atoms with Crippen molar-refractivity contribution in [2.75, 3.05) is 14.2 Å². The number of nitrogens with one attached hydrogen (secondary N) is 1. The minimum atomic E-state index is -0.627. The molecule has 0 spiro atoms. The van der Waals surface area contributed by atoms with Crippen molar-refractivity contribution < 1.29 is 14.3 Å². The lowest BCUT2D eigenvalue weighted by atomic mass is 10.2. The number of esters is 1. The SMILES string of the molecule is CN[C@@H](CC(N)=O)C(=O)OC. The summed E-state index contributed by atoms with van der Waals surface area (Å²) in [4.78, 5) is 21.1. The van der Waals surface area contributed by atoms with E-state index in [1.54, 1.807) is 7.05 Å². The van der Waals surface area contributed by atoms with Crippen LogP contribution in [-0.4, -0.2) is 32.1 Å². The van der Waals surface area contributed by atoms with Gasteiger partial charge in [-0.15, -0.1) is 0 Å². The third kappa shape index (κ3) is 3.57. The molecule has 0 aliphatic carbocycles. The summed E-state index contributed by atoms with van der Waals surface area (Å²) in [5.41, 5.74) is 4.87. The van der Waals surface area contributed by atoms with E-state index < -0.39 is 17.9 Å². The van der Waals surface area contributed by atoms with Crippen LogP contribution in [0.15, 0.2) is 0 Å². The van der Waals surface area contributed by atoms with Crippen LogP contribution in [-0.2, 0) is 14.3 Å². The fraction of sp³-hybridized carbons (Fsp3) is 0.667. The predicted octanol–water partition coefficient (Wildman–Crippen LogP) is -1.38. The normalized spacial score (nSPS) is 12.2. The number of carbonyl (C=O) groups is 2. The number of ether oxygens (including phenoxy) is 1. The molecule has 0 saturated carbocycles. The van der Waals surface area contributed by atoms with Gasteiger partial charge < -0.3 is 15.8 Å². The maximum Gasteiger partial charge on any atom is 0.323 e. The predicted molar refractivity (Wildman–Crippen MR) is 38.7 cm³/mol. The molecule has 5 heteroatoms. The van der Waals surface area contributed by atoms with E-state index >= 15 is 0 Å². The van der Waals surface area contributed by atoms with Crippen LogP contribution >= 0.6 is 0 Å². The highest BCUT2D eigenvalue weighted by molar-refractivity contribution is 5.84. The number of likely N-dealkylation sites (N-methyl/N-ethyl adjacent to an activating group) is 1. The fourth-order valence-electron chi connectivity index (χ4n) is 0.647. The monoisotopic (exact) mass is 160 g/mol. The minimum absolute atomic E-state index is 0.0385. The molecule has 0 aromatic carbocycles. The largest absolute Gasteiger partial charge is 0.468 e. The van der Waals surface area contributed by atoms with Crippen molar-refractivity contribution in [2.45, 2.75) is 12.5 Å². The Morgan fingerprint density at radius 2 is 2.18 bits per heavy atom. The molecule has 1 atom stereocenters. The first-order valence-corrected chi connectivity index (χ1v) is 3.15. The van der Waals surface area contributed by atoms with Crippen LogP contribution in [0.5, 0.6) is 0 Å². The van der Waals surface area contributed by atoms with E-state index in [-0.39, 0.29) is 6.42 Å². The molecule has 0 heterocycles. The average Bonchev–Trinajstić information content (AvgIpc) is 1.98. The minimum Gasteiger partial charge on any atom is -0.468 e. The molecule has 64 valence electrons. The maximum atomic E-state index is 10.8. The van der Waals surface area contributed by atoms with Crippen molar-refractivity contribution in [3.8, 4) is 0 Å². The standard InChI is InChI=1S/C6H12N2O3/c1-8-4(3-5(7)9)6(10)11-2/h4,8H,3H2,1-2H3,(H2,7,9)/t4-/m0/s1. The van der Waals surface area contributed by atoms with Gasteiger partial charge in [0.15, 0.2) is 0 Å². The molecule has 1 amide bonds. The zero-order valence-electron chi connectivity index (χ0n) is 6.59. The van der Waals surface area contributed by atoms with Gasteiger partial charge in [0.25, 0.3) is 0 Å². The van der Waals surface area contributed by atoms with Gasteiger partial charge in [-0.1, -0.05) is 0 Å². The zero-order chi connectivity index (χ0) is 8.85. The Morgan fingerprint density at radius 3 is 2.45 bits per heavy atom. The lowest BCUT2D eigenvalue weighted by Gasteiger charge is -2.10. The van der Waals surface area contributed by atoms with E-state index in [9.17, 15) is 9.59 Å². The van der Waals surface area contributed by atoms with Crippen molar-refractivity contribution in [1.82, 2.24) is 5.32 Å². The Labute approximate surface area is 64.9 Å². The number of amides is 1. The van der Waals surface area contributed by atoms with Crippen LogP contribution in [0, 0.1) is 0 Å². The van der Waals surface area contributed by atoms with Crippen LogP contribution in [0.4, 0.5) is 0 Å². The molecule has 11 heavy (non-hydrogen) atoms. The van der Waals surface area contributed by atoms with Crippen molar-refractivity contribution in [2.24, 2.45) is 5.73 Å². The average molecular weight is 160 g/mol. The van der Waals surface area contributed by atoms with Gasteiger partial charge in [-0.2, -0.15) is 0 Å². The van der Waals surface area contributed by atoms with Crippen molar-refractivity contribution in [3.05, 3.63) is 0 Å². The molecule has 0 fully saturated rings. The first-order chi connectivity index (χ1) is 5.11. The summed E-state index contributed by atoms with van der Waals surface area (Å²) in [7, 11) is 2.82. The molecule has 0 aromatic heterocycles. The highest BCUT2D eigenvalue weighted by Crippen LogP contribution is 1.92. The highest BCUT2D eigenvalue weighted by atomic mass is 16.5. The molecule has 0 rings (SSSR count). The van der Waals surface area contributed by atoms with E-state index in [0.29, 0.717) is 0 Å². The van der Waals surface area contributed by atoms with Crippen LogP contribution in [0.1, 0.15) is 6.42 Å². The van der Waals surface area contributed by atoms with Crippen molar-refractivity contribution >= 4 is 11.9 Å². The second-order valence-corrected chi connectivity index (χ2v) is 2.03. The van der Waals surface area contributed by atoms with Gasteiger partial charge in [0.1, 0.15) is 6.04 Å². The van der Waals surface area contributed by atoms with Gasteiger partial charge in [-0.05, 0) is 7.05 Å². The van der Waals surface area contributed by atoms with E-state index in [1.165, 1.54) is 7.11 Å². The van der Waals surface area contributed by atoms with Gasteiger partial charge in [-0.25, -0.2) is 0 Å². The van der Waals surface area contributed by atoms with Crippen molar-refractivity contribution in [3.63, 3.8) is 0 Å². The first kappa shape index (κ1) is 9.90. The van der Waals surface area contributed by atoms with Crippen molar-refractivity contribution in [1.29, 1.82) is 0 Å². The zero-order valence-corrected chi connectivity index (χ0v) is 6.59. The summed E-state index contributed by atoms with van der Waals surface area (Å²) in [6, 6.07) is -0.627. The fourth-order valence-corrected chi connectivity index (χ4v) is 0.647. The molecule has 5 nitrogen and oxygen atoms in total. The third-order valence-corrected chi connectivity index (χ3v) is 1.24. The van der Waals surface area contributed by atoms with Gasteiger partial charge >= 0.3 is 5.97 Å². The van der Waals surface area contributed by atoms with Gasteiger partial charge in [-0.3, -0.25) is 9.59 Å². The van der Waals surface area contributed by atoms with E-state index in [1.807, 2.05) is 0 Å². The van der Waals surface area contributed by atoms with Gasteiger partial charge in [0, 0.05) is 0 Å². The molecular formula is C6H12N2O3. The second-order valence-electron chi connectivity index (χ2n) is 2.03. The summed E-state index contributed by atoms with van der Waals surface area (Å²) < 4.78 is 4.39.